The van der Waals surface area contributed by atoms with Crippen LogP contribution in [-0.2, 0) is 4.79 Å². The lowest BCUT2D eigenvalue weighted by Gasteiger charge is -2.19. The topological polar surface area (TPSA) is 26.3 Å². The summed E-state index contributed by atoms with van der Waals surface area (Å²) in [5.41, 5.74) is 4.83. The SMILES string of the molecule is C=CCOc1ccc(C2=CC(=O)CCC2=C(C)CC)cc1. The van der Waals surface area contributed by atoms with Gasteiger partial charge in [-0.05, 0) is 54.7 Å². The average Bonchev–Trinajstić information content (AvgIpc) is 2.52. The van der Waals surface area contributed by atoms with Gasteiger partial charge in [-0.2, -0.15) is 0 Å². The predicted octanol–water partition coefficient (Wildman–Crippen LogP) is 4.72. The van der Waals surface area contributed by atoms with Gasteiger partial charge in [0.15, 0.2) is 5.78 Å². The molecule has 0 atom stereocenters. The average molecular weight is 282 g/mol. The zero-order valence-corrected chi connectivity index (χ0v) is 12.8. The second kappa shape index (κ2) is 7.07. The molecular formula is C19H22O2. The lowest BCUT2D eigenvalue weighted by molar-refractivity contribution is -0.114. The molecule has 0 heterocycles. The molecule has 0 bridgehead atoms. The van der Waals surface area contributed by atoms with Crippen molar-refractivity contribution in [1.82, 2.24) is 0 Å². The molecule has 1 aliphatic carbocycles. The zero-order chi connectivity index (χ0) is 15.2. The predicted molar refractivity (Wildman–Crippen MR) is 87.3 cm³/mol. The second-order valence-electron chi connectivity index (χ2n) is 5.26. The van der Waals surface area contributed by atoms with Crippen molar-refractivity contribution in [2.45, 2.75) is 33.1 Å². The smallest absolute Gasteiger partial charge is 0.156 e. The van der Waals surface area contributed by atoms with Gasteiger partial charge in [-0.25, -0.2) is 0 Å². The Morgan fingerprint density at radius 2 is 2.00 bits per heavy atom. The van der Waals surface area contributed by atoms with Crippen molar-refractivity contribution in [3.05, 3.63) is 59.7 Å². The Balaban J connectivity index is 2.33. The van der Waals surface area contributed by atoms with Crippen LogP contribution in [0.5, 0.6) is 5.75 Å². The van der Waals surface area contributed by atoms with E-state index in [2.05, 4.69) is 20.4 Å². The first kappa shape index (κ1) is 15.3. The van der Waals surface area contributed by atoms with Crippen LogP contribution in [0.15, 0.2) is 54.1 Å². The quantitative estimate of drug-likeness (QED) is 0.730. The molecule has 0 aromatic heterocycles. The van der Waals surface area contributed by atoms with Crippen LogP contribution in [0, 0.1) is 0 Å². The third-order valence-electron chi connectivity index (χ3n) is 3.83. The van der Waals surface area contributed by atoms with Gasteiger partial charge in [0.1, 0.15) is 12.4 Å². The van der Waals surface area contributed by atoms with E-state index in [9.17, 15) is 4.79 Å². The van der Waals surface area contributed by atoms with E-state index in [4.69, 9.17) is 4.74 Å². The first-order valence-electron chi connectivity index (χ1n) is 7.43. The minimum Gasteiger partial charge on any atom is -0.490 e. The molecular weight excluding hydrogens is 260 g/mol. The Morgan fingerprint density at radius 1 is 1.29 bits per heavy atom. The molecule has 0 radical (unpaired) electrons. The van der Waals surface area contributed by atoms with Crippen LogP contribution in [0.1, 0.15) is 38.7 Å². The van der Waals surface area contributed by atoms with Crippen molar-refractivity contribution in [3.63, 3.8) is 0 Å². The summed E-state index contributed by atoms with van der Waals surface area (Å²) in [6.45, 7) is 8.45. The summed E-state index contributed by atoms with van der Waals surface area (Å²) in [6.07, 6.45) is 6.00. The summed E-state index contributed by atoms with van der Waals surface area (Å²) < 4.78 is 5.50. The molecule has 0 amide bonds. The highest BCUT2D eigenvalue weighted by Crippen LogP contribution is 2.34. The Morgan fingerprint density at radius 3 is 2.62 bits per heavy atom. The number of carbonyl (C=O) groups is 1. The summed E-state index contributed by atoms with van der Waals surface area (Å²) in [6, 6.07) is 7.92. The van der Waals surface area contributed by atoms with Crippen LogP contribution in [0.25, 0.3) is 5.57 Å². The van der Waals surface area contributed by atoms with E-state index in [-0.39, 0.29) is 5.78 Å². The van der Waals surface area contributed by atoms with Crippen LogP contribution in [0.2, 0.25) is 0 Å². The van der Waals surface area contributed by atoms with E-state index in [1.54, 1.807) is 12.2 Å². The van der Waals surface area contributed by atoms with E-state index in [0.29, 0.717) is 13.0 Å². The fraction of sp³-hybridized carbons (Fsp3) is 0.316. The molecule has 1 aromatic carbocycles. The number of hydrogen-bond donors (Lipinski definition) is 0. The van der Waals surface area contributed by atoms with E-state index in [0.717, 1.165) is 29.7 Å². The molecule has 0 aliphatic heterocycles. The van der Waals surface area contributed by atoms with E-state index in [1.165, 1.54) is 11.1 Å². The van der Waals surface area contributed by atoms with Gasteiger partial charge in [0.25, 0.3) is 0 Å². The van der Waals surface area contributed by atoms with E-state index >= 15 is 0 Å². The lowest BCUT2D eigenvalue weighted by atomic mass is 9.85. The minimum atomic E-state index is 0.213. The molecule has 1 aromatic rings. The fourth-order valence-electron chi connectivity index (χ4n) is 2.50. The lowest BCUT2D eigenvalue weighted by Crippen LogP contribution is -2.07. The van der Waals surface area contributed by atoms with Gasteiger partial charge in [-0.15, -0.1) is 0 Å². The van der Waals surface area contributed by atoms with Crippen LogP contribution < -0.4 is 4.74 Å². The number of hydrogen-bond acceptors (Lipinski definition) is 2. The van der Waals surface area contributed by atoms with Crippen molar-refractivity contribution < 1.29 is 9.53 Å². The van der Waals surface area contributed by atoms with Gasteiger partial charge in [0.2, 0.25) is 0 Å². The van der Waals surface area contributed by atoms with Gasteiger partial charge in [0, 0.05) is 6.42 Å². The highest BCUT2D eigenvalue weighted by molar-refractivity contribution is 6.03. The van der Waals surface area contributed by atoms with Gasteiger partial charge in [-0.1, -0.05) is 37.3 Å². The monoisotopic (exact) mass is 282 g/mol. The number of ether oxygens (including phenoxy) is 1. The molecule has 2 nitrogen and oxygen atoms in total. The molecule has 2 heteroatoms. The molecule has 2 rings (SSSR count). The standard InChI is InChI=1S/C19H22O2/c1-4-12-21-17-9-6-15(7-10-17)19-13-16(20)8-11-18(19)14(3)5-2/h4,6-7,9-10,13H,1,5,8,11-12H2,2-3H3. The summed E-state index contributed by atoms with van der Waals surface area (Å²) in [5, 5.41) is 0. The maximum Gasteiger partial charge on any atom is 0.156 e. The van der Waals surface area contributed by atoms with E-state index < -0.39 is 0 Å². The first-order valence-corrected chi connectivity index (χ1v) is 7.43. The number of rotatable bonds is 5. The van der Waals surface area contributed by atoms with Gasteiger partial charge >= 0.3 is 0 Å². The van der Waals surface area contributed by atoms with Crippen molar-refractivity contribution >= 4 is 11.4 Å². The van der Waals surface area contributed by atoms with Crippen LogP contribution in [-0.4, -0.2) is 12.4 Å². The van der Waals surface area contributed by atoms with Gasteiger partial charge < -0.3 is 4.74 Å². The summed E-state index contributed by atoms with van der Waals surface area (Å²) in [4.78, 5) is 11.8. The molecule has 0 unspecified atom stereocenters. The van der Waals surface area contributed by atoms with E-state index in [1.807, 2.05) is 24.3 Å². The normalized spacial score (nSPS) is 17.2. The van der Waals surface area contributed by atoms with Gasteiger partial charge in [-0.3, -0.25) is 4.79 Å². The fourth-order valence-corrected chi connectivity index (χ4v) is 2.50. The maximum atomic E-state index is 11.8. The third kappa shape index (κ3) is 3.72. The zero-order valence-electron chi connectivity index (χ0n) is 12.8. The van der Waals surface area contributed by atoms with Crippen molar-refractivity contribution in [2.24, 2.45) is 0 Å². The number of carbonyl (C=O) groups excluding carboxylic acids is 1. The Labute approximate surface area is 126 Å². The van der Waals surface area contributed by atoms with Crippen LogP contribution >= 0.6 is 0 Å². The Kier molecular flexibility index (Phi) is 5.15. The molecule has 110 valence electrons. The van der Waals surface area contributed by atoms with Crippen molar-refractivity contribution in [3.8, 4) is 5.75 Å². The van der Waals surface area contributed by atoms with Crippen molar-refractivity contribution in [1.29, 1.82) is 0 Å². The number of allylic oxidation sites excluding steroid dienone is 4. The summed E-state index contributed by atoms with van der Waals surface area (Å²) in [7, 11) is 0. The molecule has 21 heavy (non-hydrogen) atoms. The highest BCUT2D eigenvalue weighted by Gasteiger charge is 2.18. The molecule has 0 saturated carbocycles. The molecule has 0 saturated heterocycles. The number of ketones is 1. The van der Waals surface area contributed by atoms with Crippen LogP contribution in [0.4, 0.5) is 0 Å². The Bertz CT molecular complexity index is 588. The molecule has 0 fully saturated rings. The molecule has 0 N–H and O–H groups in total. The summed E-state index contributed by atoms with van der Waals surface area (Å²) >= 11 is 0. The molecule has 1 aliphatic rings. The highest BCUT2D eigenvalue weighted by atomic mass is 16.5. The largest absolute Gasteiger partial charge is 0.490 e. The molecule has 0 spiro atoms. The van der Waals surface area contributed by atoms with Gasteiger partial charge in [0.05, 0.1) is 0 Å². The Hall–Kier alpha value is -2.09. The second-order valence-corrected chi connectivity index (χ2v) is 5.26. The minimum absolute atomic E-state index is 0.213. The number of benzene rings is 1. The third-order valence-corrected chi connectivity index (χ3v) is 3.83. The maximum absolute atomic E-state index is 11.8. The first-order chi connectivity index (χ1) is 10.2. The van der Waals surface area contributed by atoms with Crippen molar-refractivity contribution in [2.75, 3.05) is 6.61 Å². The van der Waals surface area contributed by atoms with Crippen LogP contribution in [0.3, 0.4) is 0 Å². The summed E-state index contributed by atoms with van der Waals surface area (Å²) in [5.74, 6) is 1.03.